The van der Waals surface area contributed by atoms with E-state index >= 15 is 0 Å². The number of anilines is 1. The van der Waals surface area contributed by atoms with Crippen molar-refractivity contribution in [2.24, 2.45) is 0 Å². The Morgan fingerprint density at radius 2 is 1.65 bits per heavy atom. The van der Waals surface area contributed by atoms with Crippen LogP contribution in [0.5, 0.6) is 0 Å². The van der Waals surface area contributed by atoms with E-state index in [0.717, 1.165) is 0 Å². The Morgan fingerprint density at radius 3 is 2.19 bits per heavy atom. The number of nitrogens with zero attached hydrogens (tertiary/aromatic N) is 1. The van der Waals surface area contributed by atoms with Gasteiger partial charge in [0.15, 0.2) is 0 Å². The van der Waals surface area contributed by atoms with E-state index in [-0.39, 0.29) is 12.5 Å². The van der Waals surface area contributed by atoms with E-state index in [1.165, 1.54) is 18.2 Å². The Morgan fingerprint density at radius 1 is 1.04 bits per heavy atom. The molecule has 1 amide bonds. The number of ether oxygens (including phenoxy) is 1. The molecule has 0 heterocycles. The molecule has 26 heavy (non-hydrogen) atoms. The lowest BCUT2D eigenvalue weighted by Gasteiger charge is -2.17. The third-order valence-electron chi connectivity index (χ3n) is 4.10. The molecule has 0 bridgehead atoms. The number of hydrogen-bond acceptors (Lipinski definition) is 4. The molecule has 2 rings (SSSR count). The van der Waals surface area contributed by atoms with Gasteiger partial charge >= 0.3 is 5.97 Å². The second kappa shape index (κ2) is 9.15. The maximum absolute atomic E-state index is 12.2. The van der Waals surface area contributed by atoms with Crippen molar-refractivity contribution in [3.05, 3.63) is 65.2 Å². The van der Waals surface area contributed by atoms with Crippen LogP contribution in [0.25, 0.3) is 0 Å². The lowest BCUT2D eigenvalue weighted by Crippen LogP contribution is -2.29. The van der Waals surface area contributed by atoms with E-state index in [1.807, 2.05) is 11.9 Å². The number of likely N-dealkylation sites (N-methyl/N-ethyl adjacent to an activating group) is 1. The highest BCUT2D eigenvalue weighted by Gasteiger charge is 2.09. The van der Waals surface area contributed by atoms with Crippen LogP contribution in [0.15, 0.2) is 48.5 Å². The van der Waals surface area contributed by atoms with Gasteiger partial charge in [0.2, 0.25) is 5.91 Å². The van der Waals surface area contributed by atoms with E-state index < -0.39 is 5.97 Å². The van der Waals surface area contributed by atoms with Crippen molar-refractivity contribution < 1.29 is 14.3 Å². The van der Waals surface area contributed by atoms with Crippen molar-refractivity contribution in [1.29, 1.82) is 0 Å². The standard InChI is InChI=1S/C21H26N2O3/c1-15(2)17-7-5-16(6-8-17)13-23(3)14-20(24)22-19-11-9-18(10-12-19)21(25)26-4/h5-12,15H,13-14H2,1-4H3,(H,22,24). The lowest BCUT2D eigenvalue weighted by atomic mass is 10.0. The number of methoxy groups -OCH3 is 1. The second-order valence-corrected chi connectivity index (χ2v) is 6.69. The number of rotatable bonds is 7. The molecule has 0 aliphatic heterocycles. The molecule has 0 aliphatic carbocycles. The van der Waals surface area contributed by atoms with E-state index in [9.17, 15) is 9.59 Å². The predicted molar refractivity (Wildman–Crippen MR) is 103 cm³/mol. The van der Waals surface area contributed by atoms with Crippen LogP contribution >= 0.6 is 0 Å². The van der Waals surface area contributed by atoms with E-state index in [0.29, 0.717) is 23.7 Å². The monoisotopic (exact) mass is 354 g/mol. The van der Waals surface area contributed by atoms with Crippen LogP contribution < -0.4 is 5.32 Å². The van der Waals surface area contributed by atoms with Crippen LogP contribution in [0.3, 0.4) is 0 Å². The number of benzene rings is 2. The molecule has 2 aromatic carbocycles. The van der Waals surface area contributed by atoms with Gasteiger partial charge in [-0.05, 0) is 48.4 Å². The predicted octanol–water partition coefficient (Wildman–Crippen LogP) is 3.67. The Kier molecular flexibility index (Phi) is 6.92. The normalized spacial score (nSPS) is 10.8. The minimum atomic E-state index is -0.397. The maximum atomic E-state index is 12.2. The molecule has 0 aliphatic rings. The molecule has 0 atom stereocenters. The van der Waals surface area contributed by atoms with Gasteiger partial charge in [-0.1, -0.05) is 38.1 Å². The molecular weight excluding hydrogens is 328 g/mol. The summed E-state index contributed by atoms with van der Waals surface area (Å²) in [6.45, 7) is 5.32. The first kappa shape index (κ1) is 19.7. The van der Waals surface area contributed by atoms with Crippen molar-refractivity contribution >= 4 is 17.6 Å². The average Bonchev–Trinajstić information content (AvgIpc) is 2.61. The van der Waals surface area contributed by atoms with Gasteiger partial charge in [0, 0.05) is 12.2 Å². The summed E-state index contributed by atoms with van der Waals surface area (Å²) >= 11 is 0. The SMILES string of the molecule is COC(=O)c1ccc(NC(=O)CN(C)Cc2ccc(C(C)C)cc2)cc1. The fourth-order valence-electron chi connectivity index (χ4n) is 2.63. The molecule has 0 aromatic heterocycles. The molecule has 0 spiro atoms. The zero-order valence-electron chi connectivity index (χ0n) is 15.8. The topological polar surface area (TPSA) is 58.6 Å². The zero-order valence-corrected chi connectivity index (χ0v) is 15.8. The van der Waals surface area contributed by atoms with Gasteiger partial charge in [-0.15, -0.1) is 0 Å². The minimum absolute atomic E-state index is 0.0999. The Labute approximate surface area is 155 Å². The first-order valence-electron chi connectivity index (χ1n) is 8.64. The molecule has 138 valence electrons. The first-order chi connectivity index (χ1) is 12.4. The van der Waals surface area contributed by atoms with Crippen molar-refractivity contribution in [1.82, 2.24) is 4.90 Å². The second-order valence-electron chi connectivity index (χ2n) is 6.69. The van der Waals surface area contributed by atoms with Gasteiger partial charge in [0.05, 0.1) is 19.2 Å². The van der Waals surface area contributed by atoms with Gasteiger partial charge in [-0.25, -0.2) is 4.79 Å². The van der Waals surface area contributed by atoms with Crippen LogP contribution in [0.4, 0.5) is 5.69 Å². The molecule has 5 nitrogen and oxygen atoms in total. The number of carbonyl (C=O) groups is 2. The number of nitrogens with one attached hydrogen (secondary N) is 1. The summed E-state index contributed by atoms with van der Waals surface area (Å²) in [5.74, 6) is 0.0151. The third kappa shape index (κ3) is 5.70. The average molecular weight is 354 g/mol. The highest BCUT2D eigenvalue weighted by atomic mass is 16.5. The summed E-state index contributed by atoms with van der Waals surface area (Å²) in [4.78, 5) is 25.6. The van der Waals surface area contributed by atoms with E-state index in [4.69, 9.17) is 0 Å². The molecule has 5 heteroatoms. The number of amides is 1. The molecule has 0 radical (unpaired) electrons. The van der Waals surface area contributed by atoms with Crippen molar-refractivity contribution in [3.8, 4) is 0 Å². The number of carbonyl (C=O) groups excluding carboxylic acids is 2. The summed E-state index contributed by atoms with van der Waals surface area (Å²) in [6.07, 6.45) is 0. The molecule has 0 fully saturated rings. The smallest absolute Gasteiger partial charge is 0.337 e. The highest BCUT2D eigenvalue weighted by molar-refractivity contribution is 5.93. The summed E-state index contributed by atoms with van der Waals surface area (Å²) < 4.78 is 4.65. The van der Waals surface area contributed by atoms with Gasteiger partial charge in [-0.3, -0.25) is 9.69 Å². The van der Waals surface area contributed by atoms with Crippen LogP contribution in [0.1, 0.15) is 41.3 Å². The quantitative estimate of drug-likeness (QED) is 0.771. The summed E-state index contributed by atoms with van der Waals surface area (Å²) in [5, 5.41) is 2.83. The van der Waals surface area contributed by atoms with E-state index in [1.54, 1.807) is 24.3 Å². The minimum Gasteiger partial charge on any atom is -0.465 e. The van der Waals surface area contributed by atoms with E-state index in [2.05, 4.69) is 48.2 Å². The van der Waals surface area contributed by atoms with Gasteiger partial charge in [-0.2, -0.15) is 0 Å². The maximum Gasteiger partial charge on any atom is 0.337 e. The summed E-state index contributed by atoms with van der Waals surface area (Å²) in [5.41, 5.74) is 3.58. The van der Waals surface area contributed by atoms with Crippen molar-refractivity contribution in [2.75, 3.05) is 26.0 Å². The Hall–Kier alpha value is -2.66. The first-order valence-corrected chi connectivity index (χ1v) is 8.64. The van der Waals surface area contributed by atoms with Crippen LogP contribution in [-0.4, -0.2) is 37.5 Å². The molecule has 0 saturated carbocycles. The van der Waals surface area contributed by atoms with Crippen LogP contribution in [-0.2, 0) is 16.1 Å². The van der Waals surface area contributed by atoms with Gasteiger partial charge in [0.1, 0.15) is 0 Å². The highest BCUT2D eigenvalue weighted by Crippen LogP contribution is 2.15. The zero-order chi connectivity index (χ0) is 19.1. The van der Waals surface area contributed by atoms with Crippen LogP contribution in [0.2, 0.25) is 0 Å². The Bertz CT molecular complexity index is 737. The fourth-order valence-corrected chi connectivity index (χ4v) is 2.63. The summed E-state index contributed by atoms with van der Waals surface area (Å²) in [6, 6.07) is 15.1. The summed E-state index contributed by atoms with van der Waals surface area (Å²) in [7, 11) is 3.25. The Balaban J connectivity index is 1.85. The van der Waals surface area contributed by atoms with Crippen molar-refractivity contribution in [2.45, 2.75) is 26.3 Å². The number of hydrogen-bond donors (Lipinski definition) is 1. The lowest BCUT2D eigenvalue weighted by molar-refractivity contribution is -0.117. The van der Waals surface area contributed by atoms with Gasteiger partial charge < -0.3 is 10.1 Å². The van der Waals surface area contributed by atoms with Crippen molar-refractivity contribution in [3.63, 3.8) is 0 Å². The largest absolute Gasteiger partial charge is 0.465 e. The molecule has 0 saturated heterocycles. The third-order valence-corrected chi connectivity index (χ3v) is 4.10. The molecule has 0 unspecified atom stereocenters. The van der Waals surface area contributed by atoms with Crippen LogP contribution in [0, 0.1) is 0 Å². The molecular formula is C21H26N2O3. The molecule has 2 aromatic rings. The van der Waals surface area contributed by atoms with Gasteiger partial charge in [0.25, 0.3) is 0 Å². The fraction of sp³-hybridized carbons (Fsp3) is 0.333. The molecule has 1 N–H and O–H groups in total. The number of esters is 1.